The van der Waals surface area contributed by atoms with Gasteiger partial charge in [-0.15, -0.1) is 6.42 Å². The Hall–Kier alpha value is -0.520. The maximum absolute atomic E-state index is 5.38. The number of nitrogens with zero attached hydrogens (tertiary/aromatic N) is 1. The van der Waals surface area contributed by atoms with E-state index in [9.17, 15) is 0 Å². The summed E-state index contributed by atoms with van der Waals surface area (Å²) in [6.07, 6.45) is 10.5. The normalized spacial score (nSPS) is 20.3. The Morgan fingerprint density at radius 3 is 2.64 bits per heavy atom. The lowest BCUT2D eigenvalue weighted by molar-refractivity contribution is 0.228. The van der Waals surface area contributed by atoms with E-state index in [0.717, 1.165) is 19.5 Å². The molecule has 1 rings (SSSR count). The van der Waals surface area contributed by atoms with Crippen LogP contribution in [0.2, 0.25) is 0 Å². The summed E-state index contributed by atoms with van der Waals surface area (Å²) in [6, 6.07) is 0.264. The van der Waals surface area contributed by atoms with Gasteiger partial charge in [0.05, 0.1) is 6.04 Å². The molecule has 0 aromatic rings. The molecular weight excluding hydrogens is 172 g/mol. The van der Waals surface area contributed by atoms with Crippen LogP contribution in [0.3, 0.4) is 0 Å². The average Bonchev–Trinajstić information content (AvgIpc) is 2.26. The largest absolute Gasteiger partial charge is 0.302 e. The van der Waals surface area contributed by atoms with E-state index in [1.54, 1.807) is 0 Å². The van der Waals surface area contributed by atoms with Gasteiger partial charge in [0.25, 0.3) is 0 Å². The molecule has 2 heteroatoms. The topological polar surface area (TPSA) is 15.3 Å². The van der Waals surface area contributed by atoms with Gasteiger partial charge in [-0.2, -0.15) is 0 Å². The molecule has 0 aliphatic carbocycles. The predicted octanol–water partition coefficient (Wildman–Crippen LogP) is 1.47. The lowest BCUT2D eigenvalue weighted by Crippen LogP contribution is -2.38. The monoisotopic (exact) mass is 194 g/mol. The van der Waals surface area contributed by atoms with Crippen molar-refractivity contribution in [2.45, 2.75) is 38.6 Å². The van der Waals surface area contributed by atoms with Crippen molar-refractivity contribution in [3.63, 3.8) is 0 Å². The Morgan fingerprint density at radius 1 is 1.36 bits per heavy atom. The summed E-state index contributed by atoms with van der Waals surface area (Å²) in [6.45, 7) is 6.85. The van der Waals surface area contributed by atoms with Gasteiger partial charge < -0.3 is 10.2 Å². The fraction of sp³-hybridized carbons (Fsp3) is 0.833. The Balaban J connectivity index is 2.05. The summed E-state index contributed by atoms with van der Waals surface area (Å²) in [4.78, 5) is 2.53. The van der Waals surface area contributed by atoms with Gasteiger partial charge in [-0.3, -0.25) is 0 Å². The number of terminal acetylenes is 1. The highest BCUT2D eigenvalue weighted by Gasteiger charge is 2.09. The Labute approximate surface area is 88.1 Å². The van der Waals surface area contributed by atoms with Gasteiger partial charge in [0, 0.05) is 13.1 Å². The van der Waals surface area contributed by atoms with E-state index < -0.39 is 0 Å². The van der Waals surface area contributed by atoms with Crippen LogP contribution in [-0.4, -0.2) is 37.1 Å². The van der Waals surface area contributed by atoms with Gasteiger partial charge in [-0.05, 0) is 32.4 Å². The lowest BCUT2D eigenvalue weighted by Gasteiger charge is -2.26. The number of likely N-dealkylation sites (tertiary alicyclic amines) is 1. The number of piperidine rings is 1. The van der Waals surface area contributed by atoms with E-state index in [0.29, 0.717) is 0 Å². The summed E-state index contributed by atoms with van der Waals surface area (Å²) >= 11 is 0. The molecule has 1 atom stereocenters. The van der Waals surface area contributed by atoms with Gasteiger partial charge in [-0.25, -0.2) is 0 Å². The number of rotatable bonds is 5. The molecule has 80 valence electrons. The highest BCUT2D eigenvalue weighted by atomic mass is 15.1. The molecule has 0 saturated carbocycles. The van der Waals surface area contributed by atoms with Crippen molar-refractivity contribution in [3.05, 3.63) is 0 Å². The van der Waals surface area contributed by atoms with E-state index in [-0.39, 0.29) is 6.04 Å². The molecule has 1 unspecified atom stereocenters. The molecule has 0 aromatic heterocycles. The zero-order chi connectivity index (χ0) is 10.2. The van der Waals surface area contributed by atoms with E-state index in [1.807, 2.05) is 0 Å². The Morgan fingerprint density at radius 2 is 2.07 bits per heavy atom. The lowest BCUT2D eigenvalue weighted by atomic mass is 10.1. The van der Waals surface area contributed by atoms with Crippen LogP contribution in [0, 0.1) is 12.3 Å². The zero-order valence-corrected chi connectivity index (χ0v) is 9.26. The van der Waals surface area contributed by atoms with Crippen LogP contribution in [0.4, 0.5) is 0 Å². The summed E-state index contributed by atoms with van der Waals surface area (Å²) in [5.74, 6) is 2.76. The van der Waals surface area contributed by atoms with E-state index in [4.69, 9.17) is 6.42 Å². The highest BCUT2D eigenvalue weighted by molar-refractivity contribution is 4.97. The third-order valence-corrected chi connectivity index (χ3v) is 2.88. The van der Waals surface area contributed by atoms with Gasteiger partial charge >= 0.3 is 0 Å². The van der Waals surface area contributed by atoms with Crippen LogP contribution in [0.25, 0.3) is 0 Å². The smallest absolute Gasteiger partial charge is 0.0684 e. The molecular formula is C12H22N2. The van der Waals surface area contributed by atoms with Gasteiger partial charge in [0.15, 0.2) is 0 Å². The fourth-order valence-corrected chi connectivity index (χ4v) is 1.90. The van der Waals surface area contributed by atoms with Gasteiger partial charge in [0.1, 0.15) is 0 Å². The second-order valence-electron chi connectivity index (χ2n) is 3.98. The molecule has 0 amide bonds. The number of hydrogen-bond donors (Lipinski definition) is 1. The highest BCUT2D eigenvalue weighted by Crippen LogP contribution is 2.07. The first-order chi connectivity index (χ1) is 6.86. The minimum absolute atomic E-state index is 0.264. The molecule has 1 N–H and O–H groups in total. The van der Waals surface area contributed by atoms with Crippen LogP contribution in [0.1, 0.15) is 32.6 Å². The van der Waals surface area contributed by atoms with Crippen molar-refractivity contribution in [3.8, 4) is 12.3 Å². The van der Waals surface area contributed by atoms with Crippen molar-refractivity contribution in [1.29, 1.82) is 0 Å². The number of hydrogen-bond acceptors (Lipinski definition) is 2. The van der Waals surface area contributed by atoms with Gasteiger partial charge in [0.2, 0.25) is 0 Å². The standard InChI is InChI=1S/C12H22N2/c1-3-12(4-2)13-8-11-14-9-6-5-7-10-14/h1,12-13H,4-11H2,2H3. The van der Waals surface area contributed by atoms with Crippen LogP contribution < -0.4 is 5.32 Å². The van der Waals surface area contributed by atoms with Crippen LogP contribution in [0.15, 0.2) is 0 Å². The van der Waals surface area contributed by atoms with Crippen molar-refractivity contribution in [1.82, 2.24) is 10.2 Å². The molecule has 1 saturated heterocycles. The molecule has 1 aliphatic rings. The van der Waals surface area contributed by atoms with Crippen molar-refractivity contribution >= 4 is 0 Å². The second-order valence-corrected chi connectivity index (χ2v) is 3.98. The minimum atomic E-state index is 0.264. The molecule has 0 bridgehead atoms. The Bertz CT molecular complexity index is 177. The van der Waals surface area contributed by atoms with Crippen LogP contribution in [-0.2, 0) is 0 Å². The third-order valence-electron chi connectivity index (χ3n) is 2.88. The van der Waals surface area contributed by atoms with Crippen molar-refractivity contribution in [2.24, 2.45) is 0 Å². The first-order valence-electron chi connectivity index (χ1n) is 5.78. The Kier molecular flexibility index (Phi) is 5.66. The van der Waals surface area contributed by atoms with E-state index in [1.165, 1.54) is 32.4 Å². The van der Waals surface area contributed by atoms with Gasteiger partial charge in [-0.1, -0.05) is 19.3 Å². The fourth-order valence-electron chi connectivity index (χ4n) is 1.90. The molecule has 1 heterocycles. The molecule has 1 aliphatic heterocycles. The first kappa shape index (κ1) is 11.6. The van der Waals surface area contributed by atoms with Crippen molar-refractivity contribution < 1.29 is 0 Å². The quantitative estimate of drug-likeness (QED) is 0.667. The van der Waals surface area contributed by atoms with Crippen LogP contribution in [0.5, 0.6) is 0 Å². The maximum Gasteiger partial charge on any atom is 0.0684 e. The van der Waals surface area contributed by atoms with Crippen molar-refractivity contribution in [2.75, 3.05) is 26.2 Å². The van der Waals surface area contributed by atoms with E-state index >= 15 is 0 Å². The molecule has 0 radical (unpaired) electrons. The SMILES string of the molecule is C#CC(CC)NCCN1CCCCC1. The average molecular weight is 194 g/mol. The summed E-state index contributed by atoms with van der Waals surface area (Å²) < 4.78 is 0. The van der Waals surface area contributed by atoms with Crippen LogP contribution >= 0.6 is 0 Å². The minimum Gasteiger partial charge on any atom is -0.302 e. The molecule has 0 aromatic carbocycles. The number of nitrogens with one attached hydrogen (secondary N) is 1. The predicted molar refractivity (Wildman–Crippen MR) is 61.2 cm³/mol. The molecule has 14 heavy (non-hydrogen) atoms. The maximum atomic E-state index is 5.38. The molecule has 2 nitrogen and oxygen atoms in total. The zero-order valence-electron chi connectivity index (χ0n) is 9.26. The summed E-state index contributed by atoms with van der Waals surface area (Å²) in [5.41, 5.74) is 0. The summed E-state index contributed by atoms with van der Waals surface area (Å²) in [5, 5.41) is 3.39. The third kappa shape index (κ3) is 4.13. The summed E-state index contributed by atoms with van der Waals surface area (Å²) in [7, 11) is 0. The molecule has 0 spiro atoms. The second kappa shape index (κ2) is 6.86. The molecule has 1 fully saturated rings. The first-order valence-corrected chi connectivity index (χ1v) is 5.78. The van der Waals surface area contributed by atoms with E-state index in [2.05, 4.69) is 23.1 Å².